The summed E-state index contributed by atoms with van der Waals surface area (Å²) in [6.45, 7) is 1.75. The molecule has 1 aliphatic heterocycles. The first-order valence-corrected chi connectivity index (χ1v) is 9.97. The molecule has 2 heterocycles. The Morgan fingerprint density at radius 1 is 1.21 bits per heavy atom. The highest BCUT2D eigenvalue weighted by molar-refractivity contribution is 6.30. The highest BCUT2D eigenvalue weighted by Crippen LogP contribution is 2.40. The molecule has 1 amide bonds. The molecule has 2 aliphatic rings. The van der Waals surface area contributed by atoms with Crippen LogP contribution in [0.2, 0.25) is 5.02 Å². The van der Waals surface area contributed by atoms with Crippen LogP contribution in [0.3, 0.4) is 0 Å². The second-order valence-electron chi connectivity index (χ2n) is 7.50. The lowest BCUT2D eigenvalue weighted by molar-refractivity contribution is -0.145. The number of likely N-dealkylation sites (tertiary alicyclic amines) is 1. The summed E-state index contributed by atoms with van der Waals surface area (Å²) in [4.78, 5) is 28.9. The molecule has 28 heavy (non-hydrogen) atoms. The second kappa shape index (κ2) is 7.54. The van der Waals surface area contributed by atoms with E-state index in [0.29, 0.717) is 28.7 Å². The third-order valence-corrected chi connectivity index (χ3v) is 6.05. The van der Waals surface area contributed by atoms with Gasteiger partial charge in [0.05, 0.1) is 18.5 Å². The summed E-state index contributed by atoms with van der Waals surface area (Å²) in [5, 5.41) is 9.38. The number of hydrogen-bond donors (Lipinski definition) is 0. The zero-order valence-corrected chi connectivity index (χ0v) is 16.7. The number of fused-ring (bicyclic) bond motifs is 1. The van der Waals surface area contributed by atoms with Crippen LogP contribution >= 0.6 is 11.6 Å². The van der Waals surface area contributed by atoms with E-state index < -0.39 is 6.04 Å². The Hall–Kier alpha value is -2.41. The summed E-state index contributed by atoms with van der Waals surface area (Å²) in [6, 6.07) is 6.63. The van der Waals surface area contributed by atoms with Gasteiger partial charge < -0.3 is 9.64 Å². The largest absolute Gasteiger partial charge is 0.467 e. The van der Waals surface area contributed by atoms with Crippen molar-refractivity contribution in [2.75, 3.05) is 7.11 Å². The standard InChI is InChI=1S/C20H23ClN4O3/c1-12-18(23-25(22-12)15-8-5-7-14(21)11-15)19(26)24-16-9-4-3-6-13(16)10-17(24)20(27)28-2/h5,7-8,11,13,16-17H,3-4,6,9-10H2,1-2H3. The van der Waals surface area contributed by atoms with Crippen LogP contribution < -0.4 is 0 Å². The fourth-order valence-electron chi connectivity index (χ4n) is 4.51. The average Bonchev–Trinajstić information content (AvgIpc) is 3.28. The summed E-state index contributed by atoms with van der Waals surface area (Å²) in [5.74, 6) is -0.275. The fraction of sp³-hybridized carbons (Fsp3) is 0.500. The molecule has 2 fully saturated rings. The van der Waals surface area contributed by atoms with Gasteiger partial charge in [-0.1, -0.05) is 30.5 Å². The van der Waals surface area contributed by atoms with E-state index >= 15 is 0 Å². The molecule has 1 aromatic heterocycles. The molecule has 0 bridgehead atoms. The van der Waals surface area contributed by atoms with Gasteiger partial charge in [-0.05, 0) is 50.3 Å². The smallest absolute Gasteiger partial charge is 0.328 e. The van der Waals surface area contributed by atoms with Gasteiger partial charge in [-0.25, -0.2) is 4.79 Å². The number of hydrogen-bond acceptors (Lipinski definition) is 5. The molecule has 0 spiro atoms. The van der Waals surface area contributed by atoms with Crippen molar-refractivity contribution < 1.29 is 14.3 Å². The van der Waals surface area contributed by atoms with Crippen LogP contribution in [-0.2, 0) is 9.53 Å². The lowest BCUT2D eigenvalue weighted by Gasteiger charge is -2.32. The third kappa shape index (κ3) is 3.28. The Balaban J connectivity index is 1.68. The second-order valence-corrected chi connectivity index (χ2v) is 7.94. The summed E-state index contributed by atoms with van der Waals surface area (Å²) in [6.07, 6.45) is 4.81. The van der Waals surface area contributed by atoms with E-state index in [1.807, 2.05) is 6.07 Å². The highest BCUT2D eigenvalue weighted by atomic mass is 35.5. The van der Waals surface area contributed by atoms with Gasteiger partial charge in [0.2, 0.25) is 0 Å². The molecule has 1 aliphatic carbocycles. The molecule has 148 valence electrons. The molecular formula is C20H23ClN4O3. The van der Waals surface area contributed by atoms with Crippen LogP contribution in [0.4, 0.5) is 0 Å². The van der Waals surface area contributed by atoms with Gasteiger partial charge in [0, 0.05) is 11.1 Å². The van der Waals surface area contributed by atoms with E-state index in [0.717, 1.165) is 25.7 Å². The molecule has 3 unspecified atom stereocenters. The van der Waals surface area contributed by atoms with Crippen molar-refractivity contribution >= 4 is 23.5 Å². The number of aryl methyl sites for hydroxylation is 1. The lowest BCUT2D eigenvalue weighted by Crippen LogP contribution is -2.47. The quantitative estimate of drug-likeness (QED) is 0.737. The van der Waals surface area contributed by atoms with Crippen LogP contribution in [0, 0.1) is 12.8 Å². The van der Waals surface area contributed by atoms with Crippen molar-refractivity contribution in [3.8, 4) is 5.69 Å². The van der Waals surface area contributed by atoms with Crippen LogP contribution in [0.15, 0.2) is 24.3 Å². The van der Waals surface area contributed by atoms with E-state index in [4.69, 9.17) is 16.3 Å². The topological polar surface area (TPSA) is 77.3 Å². The fourth-order valence-corrected chi connectivity index (χ4v) is 4.70. The Kier molecular flexibility index (Phi) is 5.10. The number of carbonyl (C=O) groups is 2. The number of methoxy groups -OCH3 is 1. The van der Waals surface area contributed by atoms with Crippen LogP contribution in [0.5, 0.6) is 0 Å². The SMILES string of the molecule is COC(=O)C1CC2CCCCC2N1C(=O)c1nn(-c2cccc(Cl)c2)nc1C. The first-order chi connectivity index (χ1) is 13.5. The maximum absolute atomic E-state index is 13.4. The van der Waals surface area contributed by atoms with Crippen molar-refractivity contribution in [1.29, 1.82) is 0 Å². The molecule has 0 N–H and O–H groups in total. The lowest BCUT2D eigenvalue weighted by atomic mass is 9.84. The average molecular weight is 403 g/mol. The zero-order valence-electron chi connectivity index (χ0n) is 16.0. The van der Waals surface area contributed by atoms with Crippen molar-refractivity contribution in [2.45, 2.75) is 51.1 Å². The Bertz CT molecular complexity index is 913. The summed E-state index contributed by atoms with van der Waals surface area (Å²) in [5.41, 5.74) is 1.46. The molecule has 3 atom stereocenters. The van der Waals surface area contributed by atoms with Gasteiger partial charge in [0.1, 0.15) is 6.04 Å². The van der Waals surface area contributed by atoms with Crippen LogP contribution in [-0.4, -0.2) is 51.0 Å². The number of aromatic nitrogens is 3. The van der Waals surface area contributed by atoms with Gasteiger partial charge in [-0.3, -0.25) is 4.79 Å². The maximum atomic E-state index is 13.4. The normalized spacial score (nSPS) is 24.1. The predicted octanol–water partition coefficient (Wildman–Crippen LogP) is 3.18. The molecule has 1 aromatic carbocycles. The van der Waals surface area contributed by atoms with Crippen molar-refractivity contribution in [3.63, 3.8) is 0 Å². The van der Waals surface area contributed by atoms with Gasteiger partial charge in [-0.15, -0.1) is 5.10 Å². The maximum Gasteiger partial charge on any atom is 0.328 e. The van der Waals surface area contributed by atoms with E-state index in [2.05, 4.69) is 10.2 Å². The minimum Gasteiger partial charge on any atom is -0.467 e. The Morgan fingerprint density at radius 2 is 2.00 bits per heavy atom. The number of halogens is 1. The molecule has 2 aromatic rings. The third-order valence-electron chi connectivity index (χ3n) is 5.82. The molecule has 1 saturated heterocycles. The predicted molar refractivity (Wildman–Crippen MR) is 103 cm³/mol. The van der Waals surface area contributed by atoms with Crippen molar-refractivity contribution in [1.82, 2.24) is 19.9 Å². The molecule has 1 saturated carbocycles. The highest BCUT2D eigenvalue weighted by Gasteiger charge is 2.48. The summed E-state index contributed by atoms with van der Waals surface area (Å²) >= 11 is 6.06. The Morgan fingerprint density at radius 3 is 2.75 bits per heavy atom. The van der Waals surface area contributed by atoms with Crippen molar-refractivity contribution in [3.05, 3.63) is 40.7 Å². The first-order valence-electron chi connectivity index (χ1n) is 9.60. The minimum atomic E-state index is -0.554. The van der Waals surface area contributed by atoms with E-state index in [1.165, 1.54) is 11.9 Å². The molecule has 0 radical (unpaired) electrons. The molecule has 8 heteroatoms. The minimum absolute atomic E-state index is 0.0565. The zero-order chi connectivity index (χ0) is 19.8. The van der Waals surface area contributed by atoms with Crippen LogP contribution in [0.25, 0.3) is 5.69 Å². The summed E-state index contributed by atoms with van der Waals surface area (Å²) < 4.78 is 4.99. The number of nitrogens with zero attached hydrogens (tertiary/aromatic N) is 4. The van der Waals surface area contributed by atoms with Gasteiger partial charge >= 0.3 is 5.97 Å². The molecule has 4 rings (SSSR count). The number of ether oxygens (including phenoxy) is 1. The van der Waals surface area contributed by atoms with Gasteiger partial charge in [-0.2, -0.15) is 9.90 Å². The number of carbonyl (C=O) groups excluding carboxylic acids is 2. The van der Waals surface area contributed by atoms with Gasteiger partial charge in [0.25, 0.3) is 5.91 Å². The number of rotatable bonds is 3. The number of amides is 1. The monoisotopic (exact) mass is 402 g/mol. The molecule has 7 nitrogen and oxygen atoms in total. The van der Waals surface area contributed by atoms with Crippen LogP contribution in [0.1, 0.15) is 48.3 Å². The number of esters is 1. The van der Waals surface area contributed by atoms with Crippen molar-refractivity contribution in [2.24, 2.45) is 5.92 Å². The van der Waals surface area contributed by atoms with E-state index in [1.54, 1.807) is 30.0 Å². The molecular weight excluding hydrogens is 380 g/mol. The Labute approximate surface area is 168 Å². The summed E-state index contributed by atoms with van der Waals surface area (Å²) in [7, 11) is 1.37. The first kappa shape index (κ1) is 18.9. The van der Waals surface area contributed by atoms with E-state index in [-0.39, 0.29) is 23.6 Å². The van der Waals surface area contributed by atoms with E-state index in [9.17, 15) is 9.59 Å². The van der Waals surface area contributed by atoms with Gasteiger partial charge in [0.15, 0.2) is 5.69 Å². The number of benzene rings is 1.